The first-order chi connectivity index (χ1) is 15.9. The van der Waals surface area contributed by atoms with Crippen LogP contribution in [0.15, 0.2) is 66.7 Å². The number of aliphatic hydroxyl groups excluding tert-OH is 1. The molecule has 0 fully saturated rings. The molecule has 33 heavy (non-hydrogen) atoms. The van der Waals surface area contributed by atoms with E-state index in [1.807, 2.05) is 37.3 Å². The molecule has 3 rings (SSSR count). The molecule has 0 spiro atoms. The van der Waals surface area contributed by atoms with Gasteiger partial charge in [0.05, 0.1) is 11.7 Å². The Morgan fingerprint density at radius 2 is 1.73 bits per heavy atom. The average molecular weight is 450 g/mol. The van der Waals surface area contributed by atoms with Gasteiger partial charge in [0.25, 0.3) is 0 Å². The summed E-state index contributed by atoms with van der Waals surface area (Å²) in [6.45, 7) is 4.98. The lowest BCUT2D eigenvalue weighted by Gasteiger charge is -2.21. The number of hydrogen-bond acceptors (Lipinski definition) is 5. The molecule has 0 saturated carbocycles. The Morgan fingerprint density at radius 3 is 2.36 bits per heavy atom. The summed E-state index contributed by atoms with van der Waals surface area (Å²) in [5, 5.41) is 32.3. The number of aromatic carboxylic acids is 1. The smallest absolute Gasteiger partial charge is 0.335 e. The van der Waals surface area contributed by atoms with E-state index in [2.05, 4.69) is 12.2 Å². The molecule has 0 unspecified atom stereocenters. The standard InChI is InChI=1S/C27H31NO5/c1-3-4-21-17-22(27(31)32)9-14-25(21)19-7-12-24(13-8-19)33-16-15-28-18(2)26(30)20-5-10-23(29)11-6-20/h5-14,17-18,26,28-30H,3-4,15-16H2,1-2H3,(H,31,32)/t18-,26+/m1/s1. The van der Waals surface area contributed by atoms with E-state index in [0.29, 0.717) is 18.7 Å². The summed E-state index contributed by atoms with van der Waals surface area (Å²) in [6, 6.07) is 19.4. The molecule has 0 amide bonds. The van der Waals surface area contributed by atoms with Crippen LogP contribution < -0.4 is 10.1 Å². The highest BCUT2D eigenvalue weighted by Gasteiger charge is 2.15. The van der Waals surface area contributed by atoms with Crippen molar-refractivity contribution in [3.63, 3.8) is 0 Å². The number of aryl methyl sites for hydroxylation is 1. The highest BCUT2D eigenvalue weighted by Crippen LogP contribution is 2.28. The number of phenols is 1. The van der Waals surface area contributed by atoms with Gasteiger partial charge in [-0.25, -0.2) is 4.79 Å². The lowest BCUT2D eigenvalue weighted by atomic mass is 9.95. The van der Waals surface area contributed by atoms with E-state index in [0.717, 1.165) is 40.8 Å². The Morgan fingerprint density at radius 1 is 1.03 bits per heavy atom. The van der Waals surface area contributed by atoms with Crippen LogP contribution >= 0.6 is 0 Å². The van der Waals surface area contributed by atoms with Gasteiger partial charge in [0.15, 0.2) is 0 Å². The number of carboxylic acids is 1. The maximum Gasteiger partial charge on any atom is 0.335 e. The van der Waals surface area contributed by atoms with Gasteiger partial charge < -0.3 is 25.4 Å². The number of aliphatic hydroxyl groups is 1. The van der Waals surface area contributed by atoms with Crippen molar-refractivity contribution in [2.24, 2.45) is 0 Å². The van der Waals surface area contributed by atoms with Crippen LogP contribution in [0.5, 0.6) is 11.5 Å². The van der Waals surface area contributed by atoms with Gasteiger partial charge in [-0.05, 0) is 72.0 Å². The number of rotatable bonds is 11. The second-order valence-electron chi connectivity index (χ2n) is 8.08. The van der Waals surface area contributed by atoms with Gasteiger partial charge >= 0.3 is 5.97 Å². The van der Waals surface area contributed by atoms with Gasteiger partial charge in [0.2, 0.25) is 0 Å². The van der Waals surface area contributed by atoms with Crippen LogP contribution in [-0.2, 0) is 6.42 Å². The number of aromatic hydroxyl groups is 1. The first-order valence-electron chi connectivity index (χ1n) is 11.2. The maximum absolute atomic E-state index is 11.3. The van der Waals surface area contributed by atoms with Gasteiger partial charge in [-0.1, -0.05) is 43.7 Å². The van der Waals surface area contributed by atoms with Crippen LogP contribution in [0.25, 0.3) is 11.1 Å². The molecule has 3 aromatic rings. The van der Waals surface area contributed by atoms with Crippen molar-refractivity contribution in [3.05, 3.63) is 83.4 Å². The number of ether oxygens (including phenoxy) is 1. The number of nitrogens with one attached hydrogen (secondary N) is 1. The Hall–Kier alpha value is -3.35. The van der Waals surface area contributed by atoms with Crippen LogP contribution in [0.2, 0.25) is 0 Å². The molecular formula is C27H31NO5. The average Bonchev–Trinajstić information content (AvgIpc) is 2.82. The largest absolute Gasteiger partial charge is 0.508 e. The molecule has 0 heterocycles. The van der Waals surface area contributed by atoms with Crippen LogP contribution in [0.4, 0.5) is 0 Å². The first kappa shape index (κ1) is 24.3. The summed E-state index contributed by atoms with van der Waals surface area (Å²) >= 11 is 0. The number of carbonyl (C=O) groups is 1. The Labute approximate surface area is 194 Å². The van der Waals surface area contributed by atoms with Crippen LogP contribution in [0.1, 0.15) is 47.9 Å². The maximum atomic E-state index is 11.3. The molecular weight excluding hydrogens is 418 g/mol. The molecule has 0 bridgehead atoms. The molecule has 3 aromatic carbocycles. The monoisotopic (exact) mass is 449 g/mol. The highest BCUT2D eigenvalue weighted by molar-refractivity contribution is 5.89. The molecule has 0 aliphatic heterocycles. The summed E-state index contributed by atoms with van der Waals surface area (Å²) in [7, 11) is 0. The molecule has 0 saturated heterocycles. The van der Waals surface area contributed by atoms with Gasteiger partial charge in [0, 0.05) is 12.6 Å². The van der Waals surface area contributed by atoms with Gasteiger partial charge in [-0.3, -0.25) is 0 Å². The second-order valence-corrected chi connectivity index (χ2v) is 8.08. The highest BCUT2D eigenvalue weighted by atomic mass is 16.5. The summed E-state index contributed by atoms with van der Waals surface area (Å²) in [5.74, 6) is -0.00232. The number of phenolic OH excluding ortho intramolecular Hbond substituents is 1. The van der Waals surface area contributed by atoms with E-state index in [1.54, 1.807) is 36.4 Å². The lowest BCUT2D eigenvalue weighted by molar-refractivity contribution is 0.0696. The van der Waals surface area contributed by atoms with E-state index < -0.39 is 12.1 Å². The zero-order chi connectivity index (χ0) is 23.8. The van der Waals surface area contributed by atoms with Gasteiger partial charge in [0.1, 0.15) is 18.1 Å². The van der Waals surface area contributed by atoms with Crippen LogP contribution in [-0.4, -0.2) is 40.5 Å². The molecule has 2 atom stereocenters. The Balaban J connectivity index is 1.54. The topological polar surface area (TPSA) is 99.0 Å². The number of hydrogen-bond donors (Lipinski definition) is 4. The minimum absolute atomic E-state index is 0.171. The van der Waals surface area contributed by atoms with Gasteiger partial charge in [-0.15, -0.1) is 0 Å². The molecule has 6 heteroatoms. The quantitative estimate of drug-likeness (QED) is 0.314. The SMILES string of the molecule is CCCc1cc(C(=O)O)ccc1-c1ccc(OCCN[C@H](C)[C@H](O)c2ccc(O)cc2)cc1. The van der Waals surface area contributed by atoms with Crippen molar-refractivity contribution in [2.75, 3.05) is 13.2 Å². The zero-order valence-corrected chi connectivity index (χ0v) is 19.0. The van der Waals surface area contributed by atoms with E-state index in [9.17, 15) is 20.1 Å². The summed E-state index contributed by atoms with van der Waals surface area (Å²) in [6.07, 6.45) is 1.06. The molecule has 0 aliphatic rings. The van der Waals surface area contributed by atoms with Crippen LogP contribution in [0.3, 0.4) is 0 Å². The summed E-state index contributed by atoms with van der Waals surface area (Å²) < 4.78 is 5.82. The normalized spacial score (nSPS) is 12.8. The van der Waals surface area contributed by atoms with Crippen molar-refractivity contribution in [3.8, 4) is 22.6 Å². The molecule has 0 radical (unpaired) electrons. The predicted molar refractivity (Wildman–Crippen MR) is 129 cm³/mol. The third-order valence-electron chi connectivity index (χ3n) is 5.58. The fourth-order valence-electron chi connectivity index (χ4n) is 3.74. The molecule has 174 valence electrons. The van der Waals surface area contributed by atoms with E-state index in [-0.39, 0.29) is 11.8 Å². The van der Waals surface area contributed by atoms with Crippen molar-refractivity contribution >= 4 is 5.97 Å². The fraction of sp³-hybridized carbons (Fsp3) is 0.296. The second kappa shape index (κ2) is 11.5. The molecule has 4 N–H and O–H groups in total. The predicted octanol–water partition coefficient (Wildman–Crippen LogP) is 4.80. The molecule has 6 nitrogen and oxygen atoms in total. The molecule has 0 aromatic heterocycles. The van der Waals surface area contributed by atoms with Crippen molar-refractivity contribution in [1.29, 1.82) is 0 Å². The van der Waals surface area contributed by atoms with E-state index in [1.165, 1.54) is 0 Å². The van der Waals surface area contributed by atoms with Gasteiger partial charge in [-0.2, -0.15) is 0 Å². The summed E-state index contributed by atoms with van der Waals surface area (Å²) in [4.78, 5) is 11.3. The number of carboxylic acid groups (broad SMARTS) is 1. The Bertz CT molecular complexity index is 1050. The third kappa shape index (κ3) is 6.57. The fourth-order valence-corrected chi connectivity index (χ4v) is 3.74. The van der Waals surface area contributed by atoms with E-state index >= 15 is 0 Å². The minimum atomic E-state index is -0.916. The van der Waals surface area contributed by atoms with Crippen molar-refractivity contribution < 1.29 is 24.9 Å². The van der Waals surface area contributed by atoms with Crippen molar-refractivity contribution in [1.82, 2.24) is 5.32 Å². The molecule has 0 aliphatic carbocycles. The summed E-state index contributed by atoms with van der Waals surface area (Å²) in [5.41, 5.74) is 4.12. The lowest BCUT2D eigenvalue weighted by Crippen LogP contribution is -2.35. The Kier molecular flexibility index (Phi) is 8.46. The minimum Gasteiger partial charge on any atom is -0.508 e. The van der Waals surface area contributed by atoms with E-state index in [4.69, 9.17) is 4.74 Å². The first-order valence-corrected chi connectivity index (χ1v) is 11.2. The van der Waals surface area contributed by atoms with Crippen molar-refractivity contribution in [2.45, 2.75) is 38.8 Å². The van der Waals surface area contributed by atoms with Crippen LogP contribution in [0, 0.1) is 0 Å². The number of benzene rings is 3. The third-order valence-corrected chi connectivity index (χ3v) is 5.58. The zero-order valence-electron chi connectivity index (χ0n) is 19.0.